The van der Waals surface area contributed by atoms with Gasteiger partial charge in [0.25, 0.3) is 11.8 Å². The summed E-state index contributed by atoms with van der Waals surface area (Å²) in [6, 6.07) is 18.0. The van der Waals surface area contributed by atoms with Crippen LogP contribution in [0.4, 0.5) is 11.4 Å². The van der Waals surface area contributed by atoms with Crippen LogP contribution in [0.2, 0.25) is 0 Å². The molecule has 0 saturated carbocycles. The normalized spacial score (nSPS) is 10.6. The van der Waals surface area contributed by atoms with Gasteiger partial charge in [0.05, 0.1) is 5.69 Å². The van der Waals surface area contributed by atoms with Gasteiger partial charge in [-0.3, -0.25) is 14.3 Å². The lowest BCUT2D eigenvalue weighted by Crippen LogP contribution is -2.18. The second-order valence-electron chi connectivity index (χ2n) is 6.99. The molecule has 0 fully saturated rings. The highest BCUT2D eigenvalue weighted by atomic mass is 79.9. The molecule has 0 radical (unpaired) electrons. The Labute approximate surface area is 198 Å². The van der Waals surface area contributed by atoms with Crippen molar-refractivity contribution in [3.05, 3.63) is 88.9 Å². The first-order valence-corrected chi connectivity index (χ1v) is 11.0. The summed E-state index contributed by atoms with van der Waals surface area (Å²) in [7, 11) is 0. The van der Waals surface area contributed by atoms with E-state index in [0.29, 0.717) is 23.7 Å². The zero-order chi connectivity index (χ0) is 23.2. The highest BCUT2D eigenvalue weighted by Gasteiger charge is 2.20. The molecule has 0 aliphatic carbocycles. The molecule has 2 heterocycles. The Morgan fingerprint density at radius 2 is 1.70 bits per heavy atom. The Morgan fingerprint density at radius 3 is 2.42 bits per heavy atom. The van der Waals surface area contributed by atoms with Gasteiger partial charge in [-0.2, -0.15) is 10.2 Å². The van der Waals surface area contributed by atoms with Crippen LogP contribution in [-0.4, -0.2) is 31.4 Å². The fourth-order valence-electron chi connectivity index (χ4n) is 2.97. The standard InChI is InChI=1S/C23H21BrN6O3/c1-2-29-14-20(21(28-29)23(32)25-17-6-4-3-5-7-17)26-22(31)19-12-13-30(27-19)15-33-18-10-8-16(24)9-11-18/h3-14H,2,15H2,1H3,(H,25,32)(H,26,31). The van der Waals surface area contributed by atoms with Crippen LogP contribution in [0.5, 0.6) is 5.75 Å². The van der Waals surface area contributed by atoms with Gasteiger partial charge in [-0.1, -0.05) is 34.1 Å². The maximum Gasteiger partial charge on any atom is 0.278 e. The summed E-state index contributed by atoms with van der Waals surface area (Å²) in [5.41, 5.74) is 1.24. The number of hydrogen-bond donors (Lipinski definition) is 2. The largest absolute Gasteiger partial charge is 0.471 e. The number of benzene rings is 2. The van der Waals surface area contributed by atoms with Gasteiger partial charge in [0.1, 0.15) is 5.75 Å². The number of anilines is 2. The smallest absolute Gasteiger partial charge is 0.278 e. The number of ether oxygens (including phenoxy) is 1. The fraction of sp³-hybridized carbons (Fsp3) is 0.130. The molecule has 0 aliphatic heterocycles. The number of aryl methyl sites for hydroxylation is 1. The van der Waals surface area contributed by atoms with Crippen molar-refractivity contribution in [2.24, 2.45) is 0 Å². The molecule has 0 aliphatic rings. The van der Waals surface area contributed by atoms with Gasteiger partial charge in [0, 0.05) is 29.1 Å². The van der Waals surface area contributed by atoms with E-state index in [0.717, 1.165) is 4.47 Å². The Bertz CT molecular complexity index is 1250. The summed E-state index contributed by atoms with van der Waals surface area (Å²) < 4.78 is 9.71. The highest BCUT2D eigenvalue weighted by molar-refractivity contribution is 9.10. The quantitative estimate of drug-likeness (QED) is 0.367. The number of para-hydroxylation sites is 1. The monoisotopic (exact) mass is 508 g/mol. The molecule has 0 spiro atoms. The van der Waals surface area contributed by atoms with Crippen molar-refractivity contribution < 1.29 is 14.3 Å². The molecule has 2 aromatic carbocycles. The molecule has 2 N–H and O–H groups in total. The molecular weight excluding hydrogens is 488 g/mol. The maximum atomic E-state index is 12.8. The molecule has 10 heteroatoms. The SMILES string of the molecule is CCn1cc(NC(=O)c2ccn(COc3ccc(Br)cc3)n2)c(C(=O)Nc2ccccc2)n1. The van der Waals surface area contributed by atoms with Crippen LogP contribution in [0, 0.1) is 0 Å². The molecule has 9 nitrogen and oxygen atoms in total. The third-order valence-electron chi connectivity index (χ3n) is 4.63. The van der Waals surface area contributed by atoms with Crippen molar-refractivity contribution in [2.75, 3.05) is 10.6 Å². The van der Waals surface area contributed by atoms with Crippen LogP contribution < -0.4 is 15.4 Å². The van der Waals surface area contributed by atoms with Gasteiger partial charge in [0.2, 0.25) is 0 Å². The second kappa shape index (κ2) is 10.1. The first-order chi connectivity index (χ1) is 16.0. The van der Waals surface area contributed by atoms with Crippen molar-refractivity contribution in [1.82, 2.24) is 19.6 Å². The zero-order valence-electron chi connectivity index (χ0n) is 17.7. The molecule has 0 unspecified atom stereocenters. The van der Waals surface area contributed by atoms with Crippen molar-refractivity contribution >= 4 is 39.1 Å². The van der Waals surface area contributed by atoms with Gasteiger partial charge < -0.3 is 15.4 Å². The van der Waals surface area contributed by atoms with E-state index in [1.54, 1.807) is 35.3 Å². The van der Waals surface area contributed by atoms with Gasteiger partial charge >= 0.3 is 0 Å². The van der Waals surface area contributed by atoms with E-state index in [2.05, 4.69) is 36.8 Å². The zero-order valence-corrected chi connectivity index (χ0v) is 19.3. The predicted octanol–water partition coefficient (Wildman–Crippen LogP) is 4.40. The molecule has 33 heavy (non-hydrogen) atoms. The number of rotatable bonds is 8. The molecule has 4 rings (SSSR count). The minimum atomic E-state index is -0.457. The Kier molecular flexibility index (Phi) is 6.84. The van der Waals surface area contributed by atoms with E-state index < -0.39 is 11.8 Å². The van der Waals surface area contributed by atoms with Crippen LogP contribution in [-0.2, 0) is 13.3 Å². The van der Waals surface area contributed by atoms with E-state index in [9.17, 15) is 9.59 Å². The average molecular weight is 509 g/mol. The van der Waals surface area contributed by atoms with E-state index in [1.165, 1.54) is 4.68 Å². The molecule has 2 aromatic heterocycles. The Morgan fingerprint density at radius 1 is 0.939 bits per heavy atom. The first-order valence-electron chi connectivity index (χ1n) is 10.2. The number of amides is 2. The van der Waals surface area contributed by atoms with E-state index >= 15 is 0 Å². The summed E-state index contributed by atoms with van der Waals surface area (Å²) in [5.74, 6) is -0.195. The number of halogens is 1. The van der Waals surface area contributed by atoms with Gasteiger partial charge in [-0.05, 0) is 49.4 Å². The topological polar surface area (TPSA) is 103 Å². The molecule has 4 aromatic rings. The lowest BCUT2D eigenvalue weighted by molar-refractivity contribution is 0.102. The summed E-state index contributed by atoms with van der Waals surface area (Å²) >= 11 is 3.38. The minimum Gasteiger partial charge on any atom is -0.471 e. The number of aromatic nitrogens is 4. The molecule has 2 amide bonds. The number of carbonyl (C=O) groups is 2. The highest BCUT2D eigenvalue weighted by Crippen LogP contribution is 2.18. The van der Waals surface area contributed by atoms with Crippen molar-refractivity contribution in [2.45, 2.75) is 20.2 Å². The van der Waals surface area contributed by atoms with Crippen molar-refractivity contribution in [1.29, 1.82) is 0 Å². The van der Waals surface area contributed by atoms with Gasteiger partial charge in [0.15, 0.2) is 18.1 Å². The van der Waals surface area contributed by atoms with Crippen LogP contribution in [0.1, 0.15) is 27.9 Å². The summed E-state index contributed by atoms with van der Waals surface area (Å²) in [6.45, 7) is 2.58. The van der Waals surface area contributed by atoms with Crippen LogP contribution in [0.25, 0.3) is 0 Å². The number of carbonyl (C=O) groups excluding carboxylic acids is 2. The fourth-order valence-corrected chi connectivity index (χ4v) is 3.23. The second-order valence-corrected chi connectivity index (χ2v) is 7.90. The van der Waals surface area contributed by atoms with Crippen molar-refractivity contribution in [3.8, 4) is 5.75 Å². The lowest BCUT2D eigenvalue weighted by atomic mass is 10.3. The van der Waals surface area contributed by atoms with Gasteiger partial charge in [-0.15, -0.1) is 0 Å². The van der Waals surface area contributed by atoms with E-state index in [-0.39, 0.29) is 18.1 Å². The Hall–Kier alpha value is -3.92. The molecule has 0 atom stereocenters. The Balaban J connectivity index is 1.43. The van der Waals surface area contributed by atoms with E-state index in [1.807, 2.05) is 49.4 Å². The maximum absolute atomic E-state index is 12.8. The first kappa shape index (κ1) is 22.3. The van der Waals surface area contributed by atoms with E-state index in [4.69, 9.17) is 4.74 Å². The molecule has 168 valence electrons. The number of nitrogens with zero attached hydrogens (tertiary/aromatic N) is 4. The molecule has 0 saturated heterocycles. The molecular formula is C23H21BrN6O3. The number of hydrogen-bond acceptors (Lipinski definition) is 5. The third kappa shape index (κ3) is 5.66. The predicted molar refractivity (Wildman–Crippen MR) is 127 cm³/mol. The van der Waals surface area contributed by atoms with Crippen LogP contribution >= 0.6 is 15.9 Å². The van der Waals surface area contributed by atoms with Crippen LogP contribution in [0.3, 0.4) is 0 Å². The number of nitrogens with one attached hydrogen (secondary N) is 2. The third-order valence-corrected chi connectivity index (χ3v) is 5.16. The van der Waals surface area contributed by atoms with Crippen LogP contribution in [0.15, 0.2) is 77.5 Å². The minimum absolute atomic E-state index is 0.118. The summed E-state index contributed by atoms with van der Waals surface area (Å²) in [6.07, 6.45) is 3.26. The molecule has 0 bridgehead atoms. The van der Waals surface area contributed by atoms with Crippen molar-refractivity contribution in [3.63, 3.8) is 0 Å². The average Bonchev–Trinajstić information content (AvgIpc) is 3.46. The summed E-state index contributed by atoms with van der Waals surface area (Å²) in [5, 5.41) is 14.1. The lowest BCUT2D eigenvalue weighted by Gasteiger charge is -2.06. The summed E-state index contributed by atoms with van der Waals surface area (Å²) in [4.78, 5) is 25.5. The van der Waals surface area contributed by atoms with Gasteiger partial charge in [-0.25, -0.2) is 4.68 Å².